The van der Waals surface area contributed by atoms with Gasteiger partial charge in [-0.1, -0.05) is 28.1 Å². The van der Waals surface area contributed by atoms with Gasteiger partial charge >= 0.3 is 0 Å². The van der Waals surface area contributed by atoms with Crippen LogP contribution in [0.3, 0.4) is 0 Å². The van der Waals surface area contributed by atoms with Crippen molar-refractivity contribution in [2.75, 3.05) is 19.4 Å². The predicted octanol–water partition coefficient (Wildman–Crippen LogP) is 3.47. The second-order valence-electron chi connectivity index (χ2n) is 4.87. The summed E-state index contributed by atoms with van der Waals surface area (Å²) >= 11 is 3.38. The molecule has 0 bridgehead atoms. The van der Waals surface area contributed by atoms with Gasteiger partial charge in [0.15, 0.2) is 0 Å². The number of carbonyl (C=O) groups excluding carboxylic acids is 1. The summed E-state index contributed by atoms with van der Waals surface area (Å²) in [7, 11) is 3.44. The van der Waals surface area contributed by atoms with E-state index < -0.39 is 0 Å². The smallest absolute Gasteiger partial charge is 0.255 e. The number of hydrogen-bond donors (Lipinski definition) is 2. The molecular weight excluding hydrogens is 332 g/mol. The molecule has 0 aromatic heterocycles. The van der Waals surface area contributed by atoms with E-state index in [9.17, 15) is 9.90 Å². The first kappa shape index (κ1) is 15.4. The Bertz CT molecular complexity index is 656. The Kier molecular flexibility index (Phi) is 4.85. The van der Waals surface area contributed by atoms with Crippen LogP contribution in [0, 0.1) is 0 Å². The van der Waals surface area contributed by atoms with E-state index >= 15 is 0 Å². The number of phenolic OH excluding ortho intramolecular Hbond substituents is 1. The van der Waals surface area contributed by atoms with Gasteiger partial charge in [0.2, 0.25) is 0 Å². The monoisotopic (exact) mass is 348 g/mol. The number of para-hydroxylation sites is 1. The summed E-state index contributed by atoms with van der Waals surface area (Å²) in [6.07, 6.45) is 0. The van der Waals surface area contributed by atoms with Crippen molar-refractivity contribution in [2.45, 2.75) is 6.54 Å². The van der Waals surface area contributed by atoms with Gasteiger partial charge in [-0.25, -0.2) is 0 Å². The summed E-state index contributed by atoms with van der Waals surface area (Å²) in [5, 5.41) is 13.0. The molecule has 0 aliphatic rings. The Balaban J connectivity index is 2.21. The van der Waals surface area contributed by atoms with Gasteiger partial charge in [0.1, 0.15) is 5.75 Å². The zero-order valence-corrected chi connectivity index (χ0v) is 13.5. The van der Waals surface area contributed by atoms with Gasteiger partial charge < -0.3 is 15.3 Å². The second kappa shape index (κ2) is 6.63. The molecule has 0 aliphatic heterocycles. The number of rotatable bonds is 4. The van der Waals surface area contributed by atoms with Crippen LogP contribution < -0.4 is 5.32 Å². The van der Waals surface area contributed by atoms with Gasteiger partial charge in [-0.3, -0.25) is 4.79 Å². The van der Waals surface area contributed by atoms with E-state index in [-0.39, 0.29) is 11.7 Å². The lowest BCUT2D eigenvalue weighted by atomic mass is 10.1. The number of amides is 1. The fourth-order valence-corrected chi connectivity index (χ4v) is 2.36. The molecule has 110 valence electrons. The minimum atomic E-state index is -0.0587. The molecule has 0 saturated carbocycles. The van der Waals surface area contributed by atoms with Crippen LogP contribution in [-0.2, 0) is 6.54 Å². The lowest BCUT2D eigenvalue weighted by molar-refractivity contribution is 0.0828. The van der Waals surface area contributed by atoms with Crippen molar-refractivity contribution < 1.29 is 9.90 Å². The summed E-state index contributed by atoms with van der Waals surface area (Å²) in [6, 6.07) is 12.6. The average molecular weight is 349 g/mol. The second-order valence-corrected chi connectivity index (χ2v) is 5.79. The largest absolute Gasteiger partial charge is 0.508 e. The number of anilines is 1. The highest BCUT2D eigenvalue weighted by atomic mass is 79.9. The summed E-state index contributed by atoms with van der Waals surface area (Å²) in [6.45, 7) is 0.434. The number of benzene rings is 2. The van der Waals surface area contributed by atoms with E-state index in [0.717, 1.165) is 15.7 Å². The van der Waals surface area contributed by atoms with Crippen LogP contribution in [0.25, 0.3) is 0 Å². The highest BCUT2D eigenvalue weighted by Gasteiger charge is 2.12. The minimum Gasteiger partial charge on any atom is -0.508 e. The molecule has 0 spiro atoms. The standard InChI is InChI=1S/C16H17BrN2O2/c1-19(2)16(21)13-5-3-4-6-14(13)18-10-11-9-12(17)7-8-15(11)20/h3-9,18,20H,10H2,1-2H3. The van der Waals surface area contributed by atoms with Gasteiger partial charge in [-0.05, 0) is 30.3 Å². The first-order valence-electron chi connectivity index (χ1n) is 6.51. The summed E-state index contributed by atoms with van der Waals surface area (Å²) in [5.74, 6) is 0.165. The molecule has 1 amide bonds. The Morgan fingerprint density at radius 1 is 1.24 bits per heavy atom. The first-order valence-corrected chi connectivity index (χ1v) is 7.30. The molecule has 4 nitrogen and oxygen atoms in total. The zero-order valence-electron chi connectivity index (χ0n) is 11.9. The van der Waals surface area contributed by atoms with Crippen molar-refractivity contribution in [3.8, 4) is 5.75 Å². The molecule has 2 aromatic carbocycles. The predicted molar refractivity (Wildman–Crippen MR) is 87.6 cm³/mol. The fourth-order valence-electron chi connectivity index (χ4n) is 1.95. The molecule has 0 heterocycles. The molecule has 0 aliphatic carbocycles. The number of halogens is 1. The van der Waals surface area contributed by atoms with Crippen LogP contribution in [-0.4, -0.2) is 30.0 Å². The van der Waals surface area contributed by atoms with Crippen LogP contribution in [0.1, 0.15) is 15.9 Å². The fraction of sp³-hybridized carbons (Fsp3) is 0.188. The summed E-state index contributed by atoms with van der Waals surface area (Å²) in [5.41, 5.74) is 2.11. The Morgan fingerprint density at radius 2 is 1.95 bits per heavy atom. The summed E-state index contributed by atoms with van der Waals surface area (Å²) < 4.78 is 0.898. The van der Waals surface area contributed by atoms with E-state index in [1.54, 1.807) is 32.3 Å². The zero-order chi connectivity index (χ0) is 15.4. The van der Waals surface area contributed by atoms with Gasteiger partial charge in [-0.2, -0.15) is 0 Å². The van der Waals surface area contributed by atoms with Gasteiger partial charge in [0, 0.05) is 36.4 Å². The maximum Gasteiger partial charge on any atom is 0.255 e. The van der Waals surface area contributed by atoms with Crippen molar-refractivity contribution >= 4 is 27.5 Å². The van der Waals surface area contributed by atoms with E-state index in [2.05, 4.69) is 21.2 Å². The van der Waals surface area contributed by atoms with E-state index in [1.807, 2.05) is 24.3 Å². The van der Waals surface area contributed by atoms with Crippen LogP contribution in [0.4, 0.5) is 5.69 Å². The third-order valence-corrected chi connectivity index (χ3v) is 3.57. The maximum absolute atomic E-state index is 12.1. The molecule has 0 saturated heterocycles. The molecular formula is C16H17BrN2O2. The van der Waals surface area contributed by atoms with Gasteiger partial charge in [0.25, 0.3) is 5.91 Å². The molecule has 0 radical (unpaired) electrons. The first-order chi connectivity index (χ1) is 9.99. The number of phenols is 1. The van der Waals surface area contributed by atoms with Crippen LogP contribution in [0.5, 0.6) is 5.75 Å². The number of nitrogens with zero attached hydrogens (tertiary/aromatic N) is 1. The molecule has 0 atom stereocenters. The topological polar surface area (TPSA) is 52.6 Å². The lowest BCUT2D eigenvalue weighted by Gasteiger charge is -2.15. The van der Waals surface area contributed by atoms with Crippen molar-refractivity contribution in [2.24, 2.45) is 0 Å². The Hall–Kier alpha value is -2.01. The van der Waals surface area contributed by atoms with Gasteiger partial charge in [-0.15, -0.1) is 0 Å². The number of nitrogens with one attached hydrogen (secondary N) is 1. The van der Waals surface area contributed by atoms with Crippen LogP contribution in [0.2, 0.25) is 0 Å². The SMILES string of the molecule is CN(C)C(=O)c1ccccc1NCc1cc(Br)ccc1O. The van der Waals surface area contributed by atoms with E-state index in [1.165, 1.54) is 4.90 Å². The highest BCUT2D eigenvalue weighted by molar-refractivity contribution is 9.10. The van der Waals surface area contributed by atoms with Gasteiger partial charge in [0.05, 0.1) is 5.56 Å². The van der Waals surface area contributed by atoms with Crippen molar-refractivity contribution in [3.05, 3.63) is 58.1 Å². The Labute approximate surface area is 132 Å². The number of hydrogen-bond acceptors (Lipinski definition) is 3. The molecule has 21 heavy (non-hydrogen) atoms. The number of aromatic hydroxyl groups is 1. The normalized spacial score (nSPS) is 10.2. The third-order valence-electron chi connectivity index (χ3n) is 3.07. The van der Waals surface area contributed by atoms with Crippen molar-refractivity contribution in [1.82, 2.24) is 4.90 Å². The minimum absolute atomic E-state index is 0.0587. The lowest BCUT2D eigenvalue weighted by Crippen LogP contribution is -2.22. The molecule has 2 rings (SSSR count). The van der Waals surface area contributed by atoms with Crippen LogP contribution >= 0.6 is 15.9 Å². The molecule has 5 heteroatoms. The average Bonchev–Trinajstić information content (AvgIpc) is 2.47. The molecule has 2 aromatic rings. The molecule has 0 fully saturated rings. The van der Waals surface area contributed by atoms with Crippen LogP contribution in [0.15, 0.2) is 46.9 Å². The summed E-state index contributed by atoms with van der Waals surface area (Å²) in [4.78, 5) is 13.7. The Morgan fingerprint density at radius 3 is 2.67 bits per heavy atom. The third kappa shape index (κ3) is 3.76. The molecule has 0 unspecified atom stereocenters. The number of carbonyl (C=O) groups is 1. The van der Waals surface area contributed by atoms with Crippen molar-refractivity contribution in [3.63, 3.8) is 0 Å². The van der Waals surface area contributed by atoms with E-state index in [4.69, 9.17) is 0 Å². The highest BCUT2D eigenvalue weighted by Crippen LogP contribution is 2.24. The van der Waals surface area contributed by atoms with Crippen molar-refractivity contribution in [1.29, 1.82) is 0 Å². The van der Waals surface area contributed by atoms with E-state index in [0.29, 0.717) is 12.1 Å². The maximum atomic E-state index is 12.1. The quantitative estimate of drug-likeness (QED) is 0.889. The molecule has 2 N–H and O–H groups in total.